The fourth-order valence-corrected chi connectivity index (χ4v) is 2.29. The first-order chi connectivity index (χ1) is 10.0. The number of aromatic nitrogens is 7. The third kappa shape index (κ3) is 2.76. The largest absolute Gasteiger partial charge is 0.481 e. The van der Waals surface area contributed by atoms with Crippen LogP contribution in [0.5, 0.6) is 0 Å². The summed E-state index contributed by atoms with van der Waals surface area (Å²) in [7, 11) is 0. The molecule has 0 saturated heterocycles. The van der Waals surface area contributed by atoms with Crippen LogP contribution in [0, 0.1) is 5.41 Å². The lowest BCUT2D eigenvalue weighted by atomic mass is 9.82. The second-order valence-corrected chi connectivity index (χ2v) is 5.04. The zero-order valence-corrected chi connectivity index (χ0v) is 12.3. The molecule has 9 heteroatoms. The second-order valence-electron chi connectivity index (χ2n) is 5.04. The van der Waals surface area contributed by atoms with E-state index in [9.17, 15) is 9.90 Å². The number of tetrazole rings is 1. The average Bonchev–Trinajstić information content (AvgIpc) is 3.15. The smallest absolute Gasteiger partial charge is 0.311 e. The monoisotopic (exact) mass is 293 g/mol. The molecule has 0 amide bonds. The van der Waals surface area contributed by atoms with E-state index in [1.807, 2.05) is 20.8 Å². The van der Waals surface area contributed by atoms with Gasteiger partial charge < -0.3 is 5.11 Å². The van der Waals surface area contributed by atoms with Gasteiger partial charge in [-0.2, -0.15) is 5.10 Å². The number of rotatable bonds is 7. The quantitative estimate of drug-likeness (QED) is 0.802. The molecule has 0 bridgehead atoms. The van der Waals surface area contributed by atoms with Gasteiger partial charge in [-0.05, 0) is 30.2 Å². The number of carboxylic acid groups (broad SMARTS) is 1. The summed E-state index contributed by atoms with van der Waals surface area (Å²) in [6.45, 7) is 5.85. The fraction of sp³-hybridized carbons (Fsp3) is 0.667. The van der Waals surface area contributed by atoms with Crippen molar-refractivity contribution in [3.63, 3.8) is 0 Å². The molecule has 0 spiro atoms. The van der Waals surface area contributed by atoms with Crippen molar-refractivity contribution < 1.29 is 9.90 Å². The van der Waals surface area contributed by atoms with E-state index >= 15 is 0 Å². The molecule has 21 heavy (non-hydrogen) atoms. The molecule has 0 saturated carbocycles. The van der Waals surface area contributed by atoms with Crippen molar-refractivity contribution in [2.75, 3.05) is 0 Å². The minimum atomic E-state index is -0.869. The molecule has 0 aliphatic rings. The first kappa shape index (κ1) is 15.1. The summed E-state index contributed by atoms with van der Waals surface area (Å²) >= 11 is 0. The third-order valence-electron chi connectivity index (χ3n) is 4.03. The number of carboxylic acids is 1. The molecular weight excluding hydrogens is 274 g/mol. The van der Waals surface area contributed by atoms with E-state index in [1.54, 1.807) is 15.7 Å². The van der Waals surface area contributed by atoms with Gasteiger partial charge in [-0.1, -0.05) is 13.8 Å². The first-order valence-electron chi connectivity index (χ1n) is 6.87. The zero-order valence-electron chi connectivity index (χ0n) is 12.3. The zero-order chi connectivity index (χ0) is 15.5. The Morgan fingerprint density at radius 3 is 2.67 bits per heavy atom. The van der Waals surface area contributed by atoms with Gasteiger partial charge in [-0.3, -0.25) is 4.79 Å². The lowest BCUT2D eigenvalue weighted by Crippen LogP contribution is -2.36. The Labute approximate surface area is 122 Å². The van der Waals surface area contributed by atoms with Crippen LogP contribution >= 0.6 is 0 Å². The van der Waals surface area contributed by atoms with E-state index in [0.29, 0.717) is 18.7 Å². The molecule has 0 aliphatic carbocycles. The standard InChI is InChI=1S/C12H19N7O2/c1-4-12(5-2,11(20)21)6-18-10(15-16-17-18)9(3)19-8-13-7-14-19/h7-9H,4-6H2,1-3H3,(H,20,21). The van der Waals surface area contributed by atoms with Gasteiger partial charge in [0.05, 0.1) is 12.0 Å². The minimum Gasteiger partial charge on any atom is -0.481 e. The van der Waals surface area contributed by atoms with Crippen molar-refractivity contribution in [1.82, 2.24) is 35.0 Å². The molecule has 1 unspecified atom stereocenters. The molecule has 0 aromatic carbocycles. The van der Waals surface area contributed by atoms with Gasteiger partial charge in [0.2, 0.25) is 0 Å². The molecule has 9 nitrogen and oxygen atoms in total. The number of hydrogen-bond donors (Lipinski definition) is 1. The highest BCUT2D eigenvalue weighted by atomic mass is 16.4. The van der Waals surface area contributed by atoms with Crippen LogP contribution in [0.2, 0.25) is 0 Å². The molecule has 1 N–H and O–H groups in total. The summed E-state index contributed by atoms with van der Waals surface area (Å²) in [4.78, 5) is 15.5. The summed E-state index contributed by atoms with van der Waals surface area (Å²) in [5.41, 5.74) is -0.869. The van der Waals surface area contributed by atoms with E-state index in [1.165, 1.54) is 6.33 Å². The fourth-order valence-electron chi connectivity index (χ4n) is 2.29. The molecule has 0 radical (unpaired) electrons. The lowest BCUT2D eigenvalue weighted by molar-refractivity contribution is -0.150. The third-order valence-corrected chi connectivity index (χ3v) is 4.03. The van der Waals surface area contributed by atoms with Crippen molar-refractivity contribution in [3.05, 3.63) is 18.5 Å². The van der Waals surface area contributed by atoms with Gasteiger partial charge in [-0.15, -0.1) is 5.10 Å². The topological polar surface area (TPSA) is 112 Å². The molecule has 2 rings (SSSR count). The molecule has 2 aromatic rings. The van der Waals surface area contributed by atoms with Gasteiger partial charge >= 0.3 is 5.97 Å². The number of carbonyl (C=O) groups is 1. The van der Waals surface area contributed by atoms with E-state index in [4.69, 9.17) is 0 Å². The highest BCUT2D eigenvalue weighted by Crippen LogP contribution is 2.29. The minimum absolute atomic E-state index is 0.220. The number of hydrogen-bond acceptors (Lipinski definition) is 6. The van der Waals surface area contributed by atoms with Gasteiger partial charge in [0, 0.05) is 0 Å². The van der Waals surface area contributed by atoms with Crippen LogP contribution in [0.15, 0.2) is 12.7 Å². The Hall–Kier alpha value is -2.32. The van der Waals surface area contributed by atoms with Crippen LogP contribution in [0.1, 0.15) is 45.5 Å². The maximum absolute atomic E-state index is 11.6. The second kappa shape index (κ2) is 5.98. The predicted molar refractivity (Wildman–Crippen MR) is 72.3 cm³/mol. The molecule has 1 atom stereocenters. The summed E-state index contributed by atoms with van der Waals surface area (Å²) < 4.78 is 3.18. The van der Waals surface area contributed by atoms with Gasteiger partial charge in [-0.25, -0.2) is 14.3 Å². The van der Waals surface area contributed by atoms with Crippen LogP contribution in [-0.4, -0.2) is 46.0 Å². The van der Waals surface area contributed by atoms with Crippen molar-refractivity contribution in [3.8, 4) is 0 Å². The summed E-state index contributed by atoms with van der Waals surface area (Å²) in [5, 5.41) is 25.2. The molecule has 2 heterocycles. The Balaban J connectivity index is 2.30. The van der Waals surface area contributed by atoms with Gasteiger partial charge in [0.25, 0.3) is 0 Å². The van der Waals surface area contributed by atoms with Crippen LogP contribution in [0.4, 0.5) is 0 Å². The Bertz CT molecular complexity index is 589. The Morgan fingerprint density at radius 2 is 2.14 bits per heavy atom. The Kier molecular flexibility index (Phi) is 4.29. The van der Waals surface area contributed by atoms with Crippen LogP contribution in [0.25, 0.3) is 0 Å². The highest BCUT2D eigenvalue weighted by molar-refractivity contribution is 5.74. The van der Waals surface area contributed by atoms with Crippen LogP contribution < -0.4 is 0 Å². The number of aliphatic carboxylic acids is 1. The molecule has 0 fully saturated rings. The maximum Gasteiger partial charge on any atom is 0.311 e. The summed E-state index contributed by atoms with van der Waals surface area (Å²) in [6.07, 6.45) is 4.03. The normalized spacial score (nSPS) is 13.3. The van der Waals surface area contributed by atoms with Gasteiger partial charge in [0.15, 0.2) is 5.82 Å². The van der Waals surface area contributed by atoms with Crippen molar-refractivity contribution in [1.29, 1.82) is 0 Å². The van der Waals surface area contributed by atoms with Crippen LogP contribution in [-0.2, 0) is 11.3 Å². The highest BCUT2D eigenvalue weighted by Gasteiger charge is 2.37. The van der Waals surface area contributed by atoms with Crippen LogP contribution in [0.3, 0.4) is 0 Å². The molecule has 114 valence electrons. The summed E-state index contributed by atoms with van der Waals surface area (Å²) in [5.74, 6) is -0.268. The SMILES string of the molecule is CCC(CC)(Cn1nnnc1C(C)n1cncn1)C(=O)O. The average molecular weight is 293 g/mol. The van der Waals surface area contributed by atoms with Crippen molar-refractivity contribution in [2.45, 2.75) is 46.2 Å². The van der Waals surface area contributed by atoms with E-state index in [-0.39, 0.29) is 12.6 Å². The maximum atomic E-state index is 11.6. The van der Waals surface area contributed by atoms with Gasteiger partial charge in [0.1, 0.15) is 18.7 Å². The van der Waals surface area contributed by atoms with Crippen molar-refractivity contribution >= 4 is 5.97 Å². The molecule has 0 aliphatic heterocycles. The van der Waals surface area contributed by atoms with E-state index in [2.05, 4.69) is 25.6 Å². The molecular formula is C12H19N7O2. The number of nitrogens with zero attached hydrogens (tertiary/aromatic N) is 7. The molecule has 2 aromatic heterocycles. The van der Waals surface area contributed by atoms with E-state index < -0.39 is 11.4 Å². The lowest BCUT2D eigenvalue weighted by Gasteiger charge is -2.27. The van der Waals surface area contributed by atoms with E-state index in [0.717, 1.165) is 0 Å². The first-order valence-corrected chi connectivity index (χ1v) is 6.87. The predicted octanol–water partition coefficient (Wildman–Crippen LogP) is 0.765. The van der Waals surface area contributed by atoms with Crippen molar-refractivity contribution in [2.24, 2.45) is 5.41 Å². The Morgan fingerprint density at radius 1 is 1.43 bits per heavy atom. The summed E-state index contributed by atoms with van der Waals surface area (Å²) in [6, 6.07) is -0.220.